The Morgan fingerprint density at radius 3 is 2.48 bits per heavy atom. The standard InChI is InChI=1S/C17H13ClN2O/c1-12-6-8-13(9-7-12)10-14(11-19)17(21)20-16-5-3-2-4-15(16)18/h2-10H,1H3,(H,20,21)/b14-10+. The van der Waals surface area contributed by atoms with Crippen LogP contribution in [0.25, 0.3) is 6.08 Å². The number of nitrogens with one attached hydrogen (secondary N) is 1. The van der Waals surface area contributed by atoms with E-state index in [4.69, 9.17) is 16.9 Å². The van der Waals surface area contributed by atoms with Gasteiger partial charge >= 0.3 is 0 Å². The fourth-order valence-electron chi connectivity index (χ4n) is 1.73. The zero-order chi connectivity index (χ0) is 15.2. The molecule has 1 N–H and O–H groups in total. The second-order valence-corrected chi connectivity index (χ2v) is 4.92. The van der Waals surface area contributed by atoms with Crippen molar-refractivity contribution >= 4 is 29.3 Å². The Morgan fingerprint density at radius 2 is 1.86 bits per heavy atom. The van der Waals surface area contributed by atoms with E-state index in [0.717, 1.165) is 11.1 Å². The van der Waals surface area contributed by atoms with Crippen LogP contribution in [0.1, 0.15) is 11.1 Å². The summed E-state index contributed by atoms with van der Waals surface area (Å²) in [6.07, 6.45) is 1.55. The van der Waals surface area contributed by atoms with Crippen LogP contribution in [0.4, 0.5) is 5.69 Å². The lowest BCUT2D eigenvalue weighted by molar-refractivity contribution is -0.112. The maximum Gasteiger partial charge on any atom is 0.266 e. The van der Waals surface area contributed by atoms with Crippen molar-refractivity contribution in [2.24, 2.45) is 0 Å². The van der Waals surface area contributed by atoms with Gasteiger partial charge in [0.2, 0.25) is 0 Å². The lowest BCUT2D eigenvalue weighted by Gasteiger charge is -2.06. The zero-order valence-corrected chi connectivity index (χ0v) is 12.2. The van der Waals surface area contributed by atoms with E-state index in [-0.39, 0.29) is 5.57 Å². The van der Waals surface area contributed by atoms with Gasteiger partial charge in [-0.25, -0.2) is 0 Å². The van der Waals surface area contributed by atoms with Crippen LogP contribution in [0.3, 0.4) is 0 Å². The number of para-hydroxylation sites is 1. The number of benzene rings is 2. The molecule has 21 heavy (non-hydrogen) atoms. The van der Waals surface area contributed by atoms with Gasteiger partial charge < -0.3 is 5.32 Å². The first-order chi connectivity index (χ1) is 10.1. The second kappa shape index (κ2) is 6.74. The smallest absolute Gasteiger partial charge is 0.266 e. The molecular formula is C17H13ClN2O. The van der Waals surface area contributed by atoms with E-state index in [1.165, 1.54) is 0 Å². The number of carbonyl (C=O) groups is 1. The third-order valence-corrected chi connectivity index (χ3v) is 3.21. The van der Waals surface area contributed by atoms with E-state index in [2.05, 4.69) is 5.32 Å². The number of amides is 1. The molecule has 0 aliphatic heterocycles. The first kappa shape index (κ1) is 14.8. The Kier molecular flexibility index (Phi) is 4.76. The maximum atomic E-state index is 12.1. The lowest BCUT2D eigenvalue weighted by Crippen LogP contribution is -2.13. The third-order valence-electron chi connectivity index (χ3n) is 2.88. The van der Waals surface area contributed by atoms with Gasteiger partial charge in [-0.3, -0.25) is 4.79 Å². The van der Waals surface area contributed by atoms with E-state index in [1.54, 1.807) is 30.3 Å². The largest absolute Gasteiger partial charge is 0.320 e. The van der Waals surface area contributed by atoms with Gasteiger partial charge in [0.15, 0.2) is 0 Å². The highest BCUT2D eigenvalue weighted by molar-refractivity contribution is 6.34. The Hall–Kier alpha value is -2.57. The number of nitrogens with zero attached hydrogens (tertiary/aromatic N) is 1. The second-order valence-electron chi connectivity index (χ2n) is 4.51. The van der Waals surface area contributed by atoms with Gasteiger partial charge in [0.1, 0.15) is 11.6 Å². The third kappa shape index (κ3) is 3.95. The topological polar surface area (TPSA) is 52.9 Å². The minimum atomic E-state index is -0.480. The normalized spacial score (nSPS) is 10.8. The number of carbonyl (C=O) groups excluding carboxylic acids is 1. The number of nitriles is 1. The van der Waals surface area contributed by atoms with Crippen LogP contribution in [0.2, 0.25) is 5.02 Å². The number of anilines is 1. The number of rotatable bonds is 3. The summed E-state index contributed by atoms with van der Waals surface area (Å²) in [5.74, 6) is -0.480. The van der Waals surface area contributed by atoms with Crippen molar-refractivity contribution < 1.29 is 4.79 Å². The van der Waals surface area contributed by atoms with E-state index in [0.29, 0.717) is 10.7 Å². The quantitative estimate of drug-likeness (QED) is 0.682. The van der Waals surface area contributed by atoms with Crippen LogP contribution in [0, 0.1) is 18.3 Å². The molecule has 0 atom stereocenters. The maximum absolute atomic E-state index is 12.1. The summed E-state index contributed by atoms with van der Waals surface area (Å²) < 4.78 is 0. The molecule has 0 aliphatic carbocycles. The van der Waals surface area contributed by atoms with Gasteiger partial charge in [0.05, 0.1) is 10.7 Å². The molecule has 2 aromatic carbocycles. The van der Waals surface area contributed by atoms with Crippen LogP contribution in [0.15, 0.2) is 54.1 Å². The Balaban J connectivity index is 2.21. The van der Waals surface area contributed by atoms with E-state index in [1.807, 2.05) is 37.3 Å². The van der Waals surface area contributed by atoms with Crippen molar-refractivity contribution in [1.82, 2.24) is 0 Å². The first-order valence-electron chi connectivity index (χ1n) is 6.34. The average Bonchev–Trinajstić information content (AvgIpc) is 2.49. The molecule has 2 rings (SSSR count). The number of hydrogen-bond donors (Lipinski definition) is 1. The Morgan fingerprint density at radius 1 is 1.19 bits per heavy atom. The molecule has 1 amide bonds. The van der Waals surface area contributed by atoms with Crippen molar-refractivity contribution in [2.75, 3.05) is 5.32 Å². The zero-order valence-electron chi connectivity index (χ0n) is 11.4. The first-order valence-corrected chi connectivity index (χ1v) is 6.72. The average molecular weight is 297 g/mol. The van der Waals surface area contributed by atoms with Gasteiger partial charge in [-0.05, 0) is 30.7 Å². The molecule has 0 fully saturated rings. The summed E-state index contributed by atoms with van der Waals surface area (Å²) in [6.45, 7) is 1.98. The van der Waals surface area contributed by atoms with E-state index in [9.17, 15) is 4.79 Å². The predicted molar refractivity (Wildman–Crippen MR) is 84.9 cm³/mol. The lowest BCUT2D eigenvalue weighted by atomic mass is 10.1. The van der Waals surface area contributed by atoms with Crippen LogP contribution in [-0.4, -0.2) is 5.91 Å². The van der Waals surface area contributed by atoms with Crippen LogP contribution in [-0.2, 0) is 4.79 Å². The molecule has 0 heterocycles. The summed E-state index contributed by atoms with van der Waals surface area (Å²) in [7, 11) is 0. The summed E-state index contributed by atoms with van der Waals surface area (Å²) in [5, 5.41) is 12.2. The highest BCUT2D eigenvalue weighted by Gasteiger charge is 2.10. The van der Waals surface area contributed by atoms with Crippen LogP contribution in [0.5, 0.6) is 0 Å². The van der Waals surface area contributed by atoms with Crippen molar-refractivity contribution in [3.05, 3.63) is 70.3 Å². The van der Waals surface area contributed by atoms with Gasteiger partial charge in [-0.1, -0.05) is 53.6 Å². The molecule has 2 aromatic rings. The highest BCUT2D eigenvalue weighted by atomic mass is 35.5. The summed E-state index contributed by atoms with van der Waals surface area (Å²) in [6, 6.07) is 16.4. The Bertz CT molecular complexity index is 727. The van der Waals surface area contributed by atoms with Gasteiger partial charge in [0.25, 0.3) is 5.91 Å². The molecule has 0 aromatic heterocycles. The molecule has 0 saturated heterocycles. The molecule has 0 bridgehead atoms. The Labute approximate surface area is 128 Å². The molecular weight excluding hydrogens is 284 g/mol. The minimum absolute atomic E-state index is 0.0266. The molecule has 104 valence electrons. The molecule has 0 radical (unpaired) electrons. The van der Waals surface area contributed by atoms with E-state index >= 15 is 0 Å². The highest BCUT2D eigenvalue weighted by Crippen LogP contribution is 2.21. The number of aryl methyl sites for hydroxylation is 1. The molecule has 4 heteroatoms. The van der Waals surface area contributed by atoms with Crippen molar-refractivity contribution in [2.45, 2.75) is 6.92 Å². The molecule has 0 aliphatic rings. The molecule has 0 unspecified atom stereocenters. The van der Waals surface area contributed by atoms with Crippen molar-refractivity contribution in [3.63, 3.8) is 0 Å². The molecule has 3 nitrogen and oxygen atoms in total. The summed E-state index contributed by atoms with van der Waals surface area (Å²) in [4.78, 5) is 12.1. The van der Waals surface area contributed by atoms with Crippen LogP contribution >= 0.6 is 11.6 Å². The molecule has 0 spiro atoms. The molecule has 0 saturated carbocycles. The van der Waals surface area contributed by atoms with Gasteiger partial charge in [-0.2, -0.15) is 5.26 Å². The fourth-order valence-corrected chi connectivity index (χ4v) is 1.91. The van der Waals surface area contributed by atoms with Crippen molar-refractivity contribution in [3.8, 4) is 6.07 Å². The van der Waals surface area contributed by atoms with Gasteiger partial charge in [0, 0.05) is 0 Å². The SMILES string of the molecule is Cc1ccc(/C=C(\C#N)C(=O)Nc2ccccc2Cl)cc1. The monoisotopic (exact) mass is 296 g/mol. The summed E-state index contributed by atoms with van der Waals surface area (Å²) >= 11 is 5.98. The fraction of sp³-hybridized carbons (Fsp3) is 0.0588. The van der Waals surface area contributed by atoms with Gasteiger partial charge in [-0.15, -0.1) is 0 Å². The number of hydrogen-bond acceptors (Lipinski definition) is 2. The summed E-state index contributed by atoms with van der Waals surface area (Å²) in [5.41, 5.74) is 2.42. The predicted octanol–water partition coefficient (Wildman–Crippen LogP) is 4.19. The minimum Gasteiger partial charge on any atom is -0.320 e. The van der Waals surface area contributed by atoms with E-state index < -0.39 is 5.91 Å². The van der Waals surface area contributed by atoms with Crippen molar-refractivity contribution in [1.29, 1.82) is 5.26 Å². The number of halogens is 1. The van der Waals surface area contributed by atoms with Crippen LogP contribution < -0.4 is 5.32 Å².